The maximum Gasteiger partial charge on any atom is 0.419 e. The van der Waals surface area contributed by atoms with E-state index in [0.717, 1.165) is 12.1 Å². The number of halogens is 5. The average Bonchev–Trinajstić information content (AvgIpc) is 2.25. The summed E-state index contributed by atoms with van der Waals surface area (Å²) in [4.78, 5) is 0. The Kier molecular flexibility index (Phi) is 5.11. The second kappa shape index (κ2) is 6.18. The molecule has 19 heavy (non-hydrogen) atoms. The van der Waals surface area contributed by atoms with Crippen molar-refractivity contribution in [2.45, 2.75) is 32.0 Å². The molecule has 0 saturated heterocycles. The molecule has 108 valence electrons. The van der Waals surface area contributed by atoms with Crippen LogP contribution in [0.4, 0.5) is 22.0 Å². The fraction of sp³-hybridized carbons (Fsp3) is 0.500. The molecule has 0 amide bonds. The lowest BCUT2D eigenvalue weighted by Crippen LogP contribution is -2.19. The Morgan fingerprint density at radius 3 is 2.37 bits per heavy atom. The van der Waals surface area contributed by atoms with Gasteiger partial charge in [0, 0.05) is 6.04 Å². The van der Waals surface area contributed by atoms with Crippen LogP contribution >= 0.6 is 0 Å². The zero-order valence-corrected chi connectivity index (χ0v) is 10.2. The highest BCUT2D eigenvalue weighted by Gasteiger charge is 2.34. The molecule has 1 unspecified atom stereocenters. The van der Waals surface area contributed by atoms with Gasteiger partial charge in [0.2, 0.25) is 0 Å². The van der Waals surface area contributed by atoms with Crippen molar-refractivity contribution in [1.29, 1.82) is 0 Å². The molecule has 1 rings (SSSR count). The predicted molar refractivity (Wildman–Crippen MR) is 60.3 cm³/mol. The number of ether oxygens (including phenoxy) is 1. The average molecular weight is 283 g/mol. The smallest absolute Gasteiger partial charge is 0.419 e. The van der Waals surface area contributed by atoms with Crippen LogP contribution in [-0.4, -0.2) is 19.1 Å². The first-order valence-corrected chi connectivity index (χ1v) is 5.56. The molecule has 2 nitrogen and oxygen atoms in total. The quantitative estimate of drug-likeness (QED) is 0.842. The molecule has 0 aliphatic rings. The van der Waals surface area contributed by atoms with Crippen LogP contribution in [0.2, 0.25) is 0 Å². The molecule has 7 heteroatoms. The molecular weight excluding hydrogens is 269 g/mol. The van der Waals surface area contributed by atoms with Gasteiger partial charge in [-0.1, -0.05) is 6.07 Å². The number of rotatable bonds is 5. The molecule has 0 radical (unpaired) electrons. The monoisotopic (exact) mass is 283 g/mol. The third-order valence-electron chi connectivity index (χ3n) is 2.27. The van der Waals surface area contributed by atoms with Crippen molar-refractivity contribution >= 4 is 0 Å². The summed E-state index contributed by atoms with van der Waals surface area (Å²) in [7, 11) is 0. The van der Waals surface area contributed by atoms with Crippen LogP contribution in [0.1, 0.15) is 18.1 Å². The lowest BCUT2D eigenvalue weighted by Gasteiger charge is -2.16. The van der Waals surface area contributed by atoms with Gasteiger partial charge in [0.15, 0.2) is 0 Å². The predicted octanol–water partition coefficient (Wildman–Crippen LogP) is 3.24. The van der Waals surface area contributed by atoms with Gasteiger partial charge in [-0.3, -0.25) is 0 Å². The van der Waals surface area contributed by atoms with Gasteiger partial charge in [-0.05, 0) is 31.0 Å². The van der Waals surface area contributed by atoms with Crippen LogP contribution in [0.3, 0.4) is 0 Å². The van der Waals surface area contributed by atoms with E-state index in [4.69, 9.17) is 5.73 Å². The van der Waals surface area contributed by atoms with Crippen LogP contribution in [-0.2, 0) is 12.6 Å². The zero-order valence-electron chi connectivity index (χ0n) is 10.2. The second-order valence-electron chi connectivity index (χ2n) is 4.21. The van der Waals surface area contributed by atoms with E-state index in [1.54, 1.807) is 6.92 Å². The van der Waals surface area contributed by atoms with Gasteiger partial charge in [-0.15, -0.1) is 0 Å². The number of hydrogen-bond acceptors (Lipinski definition) is 2. The lowest BCUT2D eigenvalue weighted by molar-refractivity contribution is -0.139. The Labute approximate surface area is 107 Å². The summed E-state index contributed by atoms with van der Waals surface area (Å²) < 4.78 is 66.8. The molecule has 0 saturated carbocycles. The molecule has 1 aromatic rings. The fourth-order valence-electron chi connectivity index (χ4n) is 1.58. The van der Waals surface area contributed by atoms with E-state index in [2.05, 4.69) is 4.74 Å². The second-order valence-corrected chi connectivity index (χ2v) is 4.21. The van der Waals surface area contributed by atoms with Crippen LogP contribution in [0.5, 0.6) is 5.75 Å². The van der Waals surface area contributed by atoms with Crippen molar-refractivity contribution in [1.82, 2.24) is 0 Å². The van der Waals surface area contributed by atoms with Gasteiger partial charge in [0.05, 0.1) is 5.56 Å². The first-order valence-electron chi connectivity index (χ1n) is 5.56. The Morgan fingerprint density at radius 2 is 1.89 bits per heavy atom. The van der Waals surface area contributed by atoms with Crippen LogP contribution < -0.4 is 10.5 Å². The van der Waals surface area contributed by atoms with Gasteiger partial charge >= 0.3 is 6.18 Å². The van der Waals surface area contributed by atoms with Gasteiger partial charge in [0.25, 0.3) is 6.43 Å². The molecule has 1 aromatic carbocycles. The minimum atomic E-state index is -4.66. The minimum absolute atomic E-state index is 0.262. The Balaban J connectivity index is 3.03. The van der Waals surface area contributed by atoms with Gasteiger partial charge in [-0.25, -0.2) is 8.78 Å². The zero-order chi connectivity index (χ0) is 14.6. The number of alkyl halides is 5. The minimum Gasteiger partial charge on any atom is -0.487 e. The van der Waals surface area contributed by atoms with E-state index in [1.165, 1.54) is 6.07 Å². The largest absolute Gasteiger partial charge is 0.487 e. The first-order chi connectivity index (χ1) is 8.70. The summed E-state index contributed by atoms with van der Waals surface area (Å²) in [5.41, 5.74) is 4.83. The summed E-state index contributed by atoms with van der Waals surface area (Å²) >= 11 is 0. The summed E-state index contributed by atoms with van der Waals surface area (Å²) in [6.07, 6.45) is -7.23. The molecule has 1 atom stereocenters. The van der Waals surface area contributed by atoms with Crippen molar-refractivity contribution < 1.29 is 26.7 Å². The molecule has 0 aliphatic carbocycles. The highest BCUT2D eigenvalue weighted by molar-refractivity contribution is 5.39. The van der Waals surface area contributed by atoms with Crippen LogP contribution in [0, 0.1) is 0 Å². The van der Waals surface area contributed by atoms with E-state index < -0.39 is 30.5 Å². The van der Waals surface area contributed by atoms with Crippen molar-refractivity contribution in [3.63, 3.8) is 0 Å². The molecule has 0 aromatic heterocycles. The third-order valence-corrected chi connectivity index (χ3v) is 2.27. The van der Waals surface area contributed by atoms with Gasteiger partial charge < -0.3 is 10.5 Å². The summed E-state index contributed by atoms with van der Waals surface area (Å²) in [5.74, 6) is -0.596. The van der Waals surface area contributed by atoms with Gasteiger partial charge in [-0.2, -0.15) is 13.2 Å². The lowest BCUT2D eigenvalue weighted by atomic mass is 10.0. The summed E-state index contributed by atoms with van der Waals surface area (Å²) in [6, 6.07) is 3.01. The van der Waals surface area contributed by atoms with E-state index in [0.29, 0.717) is 5.56 Å². The SMILES string of the molecule is CC(N)Cc1ccc(OCC(F)F)c(C(F)(F)F)c1. The molecule has 0 bridgehead atoms. The summed E-state index contributed by atoms with van der Waals surface area (Å²) in [5, 5.41) is 0. The van der Waals surface area contributed by atoms with Gasteiger partial charge in [0.1, 0.15) is 12.4 Å². The highest BCUT2D eigenvalue weighted by atomic mass is 19.4. The third kappa shape index (κ3) is 5.02. The number of nitrogens with two attached hydrogens (primary N) is 1. The maximum atomic E-state index is 12.8. The Morgan fingerprint density at radius 1 is 1.26 bits per heavy atom. The van der Waals surface area contributed by atoms with E-state index >= 15 is 0 Å². The maximum absolute atomic E-state index is 12.8. The number of benzene rings is 1. The van der Waals surface area contributed by atoms with Crippen molar-refractivity contribution in [2.75, 3.05) is 6.61 Å². The standard InChI is InChI=1S/C12H14F5NO/c1-7(18)4-8-2-3-10(19-6-11(13)14)9(5-8)12(15,16)17/h2-3,5,7,11H,4,6,18H2,1H3. The van der Waals surface area contributed by atoms with Crippen LogP contribution in [0.25, 0.3) is 0 Å². The molecular formula is C12H14F5NO. The van der Waals surface area contributed by atoms with E-state index in [-0.39, 0.29) is 12.5 Å². The fourth-order valence-corrected chi connectivity index (χ4v) is 1.58. The topological polar surface area (TPSA) is 35.2 Å². The molecule has 0 fully saturated rings. The Hall–Kier alpha value is -1.37. The number of hydrogen-bond donors (Lipinski definition) is 1. The van der Waals surface area contributed by atoms with Crippen molar-refractivity contribution in [3.8, 4) is 5.75 Å². The molecule has 0 aliphatic heterocycles. The van der Waals surface area contributed by atoms with Crippen molar-refractivity contribution in [2.24, 2.45) is 5.73 Å². The molecule has 0 spiro atoms. The van der Waals surface area contributed by atoms with E-state index in [1.807, 2.05) is 0 Å². The molecule has 2 N–H and O–H groups in total. The Bertz CT molecular complexity index is 417. The van der Waals surface area contributed by atoms with Crippen LogP contribution in [0.15, 0.2) is 18.2 Å². The van der Waals surface area contributed by atoms with Crippen molar-refractivity contribution in [3.05, 3.63) is 29.3 Å². The highest BCUT2D eigenvalue weighted by Crippen LogP contribution is 2.37. The summed E-state index contributed by atoms with van der Waals surface area (Å²) in [6.45, 7) is 0.587. The van der Waals surface area contributed by atoms with E-state index in [9.17, 15) is 22.0 Å². The first kappa shape index (κ1) is 15.7. The molecule has 0 heterocycles. The normalized spacial score (nSPS) is 13.7.